The second-order valence-corrected chi connectivity index (χ2v) is 5.34. The molecule has 4 rings (SSSR count). The van der Waals surface area contributed by atoms with Crippen LogP contribution in [0.3, 0.4) is 0 Å². The summed E-state index contributed by atoms with van der Waals surface area (Å²) in [4.78, 5) is 9.10. The van der Waals surface area contributed by atoms with Crippen molar-refractivity contribution in [1.29, 1.82) is 0 Å². The largest absolute Gasteiger partial charge is 0.461 e. The predicted octanol–water partition coefficient (Wildman–Crippen LogP) is 4.39. The molecule has 0 N–H and O–H groups in total. The van der Waals surface area contributed by atoms with Gasteiger partial charge in [0.05, 0.1) is 12.8 Å². The maximum Gasteiger partial charge on any atom is 0.178 e. The van der Waals surface area contributed by atoms with Gasteiger partial charge in [0.15, 0.2) is 17.2 Å². The number of rotatable bonds is 3. The molecular weight excluding hydrogens is 298 g/mol. The molecule has 3 heterocycles. The third-order valence-corrected chi connectivity index (χ3v) is 3.90. The van der Waals surface area contributed by atoms with Gasteiger partial charge in [0.25, 0.3) is 0 Å². The number of imidazole rings is 1. The van der Waals surface area contributed by atoms with Gasteiger partial charge in [-0.25, -0.2) is 9.97 Å². The molecule has 0 saturated heterocycles. The molecule has 0 atom stereocenters. The molecule has 0 amide bonds. The van der Waals surface area contributed by atoms with Crippen molar-refractivity contribution < 1.29 is 4.42 Å². The van der Waals surface area contributed by atoms with Gasteiger partial charge in [0.2, 0.25) is 0 Å². The minimum Gasteiger partial charge on any atom is -0.461 e. The van der Waals surface area contributed by atoms with Crippen LogP contribution in [0.4, 0.5) is 0 Å². The van der Waals surface area contributed by atoms with Gasteiger partial charge in [-0.15, -0.1) is 0 Å². The summed E-state index contributed by atoms with van der Waals surface area (Å²) >= 11 is 6.29. The van der Waals surface area contributed by atoms with Crippen LogP contribution < -0.4 is 0 Å². The van der Waals surface area contributed by atoms with Crippen LogP contribution in [0.25, 0.3) is 22.7 Å². The first-order chi connectivity index (χ1) is 10.8. The van der Waals surface area contributed by atoms with E-state index >= 15 is 0 Å². The second-order valence-electron chi connectivity index (χ2n) is 4.94. The molecule has 22 heavy (non-hydrogen) atoms. The molecule has 4 aromatic rings. The molecule has 108 valence electrons. The van der Waals surface area contributed by atoms with E-state index in [1.54, 1.807) is 12.5 Å². The summed E-state index contributed by atoms with van der Waals surface area (Å²) in [5, 5.41) is 0.727. The fourth-order valence-corrected chi connectivity index (χ4v) is 2.69. The van der Waals surface area contributed by atoms with E-state index in [0.717, 1.165) is 27.6 Å². The average molecular weight is 310 g/mol. The molecule has 5 heteroatoms. The number of hydrogen-bond acceptors (Lipinski definition) is 3. The van der Waals surface area contributed by atoms with Crippen molar-refractivity contribution in [3.05, 3.63) is 71.6 Å². The molecule has 0 fully saturated rings. The zero-order valence-electron chi connectivity index (χ0n) is 11.6. The SMILES string of the molecule is Clc1ccccc1Cn1c(-c2ccco2)nc2cccnc21. The summed E-state index contributed by atoms with van der Waals surface area (Å²) < 4.78 is 7.54. The molecule has 4 nitrogen and oxygen atoms in total. The van der Waals surface area contributed by atoms with Crippen molar-refractivity contribution in [3.63, 3.8) is 0 Å². The van der Waals surface area contributed by atoms with E-state index in [0.29, 0.717) is 12.3 Å². The molecule has 3 aromatic heterocycles. The third kappa shape index (κ3) is 2.18. The first-order valence-electron chi connectivity index (χ1n) is 6.91. The number of nitrogens with zero attached hydrogens (tertiary/aromatic N) is 3. The maximum atomic E-state index is 6.29. The van der Waals surface area contributed by atoms with Crippen LogP contribution in [0.5, 0.6) is 0 Å². The zero-order valence-corrected chi connectivity index (χ0v) is 12.4. The molecule has 0 unspecified atom stereocenters. The summed E-state index contributed by atoms with van der Waals surface area (Å²) in [6.45, 7) is 0.587. The fourth-order valence-electron chi connectivity index (χ4n) is 2.50. The monoisotopic (exact) mass is 309 g/mol. The number of aromatic nitrogens is 3. The number of pyridine rings is 1. The van der Waals surface area contributed by atoms with Gasteiger partial charge in [0, 0.05) is 11.2 Å². The first kappa shape index (κ1) is 13.1. The van der Waals surface area contributed by atoms with Crippen LogP contribution >= 0.6 is 11.6 Å². The first-order valence-corrected chi connectivity index (χ1v) is 7.29. The minimum atomic E-state index is 0.587. The molecular formula is C17H12ClN3O. The van der Waals surface area contributed by atoms with Crippen molar-refractivity contribution in [2.24, 2.45) is 0 Å². The highest BCUT2D eigenvalue weighted by atomic mass is 35.5. The molecule has 0 radical (unpaired) electrons. The Morgan fingerprint density at radius 2 is 1.95 bits per heavy atom. The zero-order chi connectivity index (χ0) is 14.9. The van der Waals surface area contributed by atoms with Crippen molar-refractivity contribution >= 4 is 22.8 Å². The van der Waals surface area contributed by atoms with Crippen molar-refractivity contribution in [1.82, 2.24) is 14.5 Å². The summed E-state index contributed by atoms with van der Waals surface area (Å²) in [5.74, 6) is 1.46. The number of furan rings is 1. The number of halogens is 1. The van der Waals surface area contributed by atoms with Crippen molar-refractivity contribution in [2.45, 2.75) is 6.54 Å². The van der Waals surface area contributed by atoms with E-state index in [1.807, 2.05) is 53.1 Å². The van der Waals surface area contributed by atoms with Crippen molar-refractivity contribution in [2.75, 3.05) is 0 Å². The lowest BCUT2D eigenvalue weighted by atomic mass is 10.2. The predicted molar refractivity (Wildman–Crippen MR) is 85.8 cm³/mol. The van der Waals surface area contributed by atoms with Crippen LogP contribution in [0.15, 0.2) is 65.4 Å². The van der Waals surface area contributed by atoms with Gasteiger partial charge in [0.1, 0.15) is 5.52 Å². The topological polar surface area (TPSA) is 43.9 Å². The van der Waals surface area contributed by atoms with E-state index in [9.17, 15) is 0 Å². The minimum absolute atomic E-state index is 0.587. The molecule has 0 spiro atoms. The highest BCUT2D eigenvalue weighted by molar-refractivity contribution is 6.31. The Hall–Kier alpha value is -2.59. The Morgan fingerprint density at radius 3 is 2.77 bits per heavy atom. The Balaban J connectivity index is 1.91. The highest BCUT2D eigenvalue weighted by Crippen LogP contribution is 2.26. The van der Waals surface area contributed by atoms with Crippen LogP contribution in [-0.2, 0) is 6.54 Å². The van der Waals surface area contributed by atoms with Crippen molar-refractivity contribution in [3.8, 4) is 11.6 Å². The Morgan fingerprint density at radius 1 is 1.05 bits per heavy atom. The lowest BCUT2D eigenvalue weighted by Crippen LogP contribution is -2.03. The van der Waals surface area contributed by atoms with Gasteiger partial charge in [-0.2, -0.15) is 0 Å². The van der Waals surface area contributed by atoms with Gasteiger partial charge < -0.3 is 8.98 Å². The van der Waals surface area contributed by atoms with Gasteiger partial charge in [-0.05, 0) is 35.9 Å². The number of fused-ring (bicyclic) bond motifs is 1. The fraction of sp³-hybridized carbons (Fsp3) is 0.0588. The van der Waals surface area contributed by atoms with Gasteiger partial charge >= 0.3 is 0 Å². The molecule has 0 aliphatic rings. The summed E-state index contributed by atoms with van der Waals surface area (Å²) in [5.41, 5.74) is 2.66. The van der Waals surface area contributed by atoms with E-state index in [-0.39, 0.29) is 0 Å². The van der Waals surface area contributed by atoms with E-state index in [1.165, 1.54) is 0 Å². The van der Waals surface area contributed by atoms with Gasteiger partial charge in [-0.1, -0.05) is 29.8 Å². The van der Waals surface area contributed by atoms with E-state index in [2.05, 4.69) is 9.97 Å². The third-order valence-electron chi connectivity index (χ3n) is 3.53. The Labute approximate surface area is 132 Å². The van der Waals surface area contributed by atoms with Crippen LogP contribution in [-0.4, -0.2) is 14.5 Å². The summed E-state index contributed by atoms with van der Waals surface area (Å²) in [6.07, 6.45) is 3.40. The lowest BCUT2D eigenvalue weighted by molar-refractivity contribution is 0.572. The number of benzene rings is 1. The van der Waals surface area contributed by atoms with Crippen LogP contribution in [0.2, 0.25) is 5.02 Å². The quantitative estimate of drug-likeness (QED) is 0.563. The van der Waals surface area contributed by atoms with Gasteiger partial charge in [-0.3, -0.25) is 0 Å². The molecule has 0 aliphatic heterocycles. The normalized spacial score (nSPS) is 11.1. The molecule has 0 aliphatic carbocycles. The Kier molecular flexibility index (Phi) is 3.16. The van der Waals surface area contributed by atoms with E-state index < -0.39 is 0 Å². The lowest BCUT2D eigenvalue weighted by Gasteiger charge is -2.08. The molecule has 0 bridgehead atoms. The summed E-state index contributed by atoms with van der Waals surface area (Å²) in [7, 11) is 0. The second kappa shape index (κ2) is 5.31. The maximum absolute atomic E-state index is 6.29. The standard InChI is InChI=1S/C17H12ClN3O/c18-13-6-2-1-5-12(13)11-21-16-14(7-3-9-19-16)20-17(21)15-8-4-10-22-15/h1-10H,11H2. The average Bonchev–Trinajstić information content (AvgIpc) is 3.17. The van der Waals surface area contributed by atoms with Crippen LogP contribution in [0, 0.1) is 0 Å². The molecule has 1 aromatic carbocycles. The highest BCUT2D eigenvalue weighted by Gasteiger charge is 2.16. The Bertz CT molecular complexity index is 928. The molecule has 0 saturated carbocycles. The van der Waals surface area contributed by atoms with E-state index in [4.69, 9.17) is 16.0 Å². The smallest absolute Gasteiger partial charge is 0.178 e. The number of hydrogen-bond donors (Lipinski definition) is 0. The van der Waals surface area contributed by atoms with Crippen LogP contribution in [0.1, 0.15) is 5.56 Å². The summed E-state index contributed by atoms with van der Waals surface area (Å²) in [6, 6.07) is 15.3.